The predicted octanol–water partition coefficient (Wildman–Crippen LogP) is 2.12. The number of rotatable bonds is 5. The predicted molar refractivity (Wildman–Crippen MR) is 75.8 cm³/mol. The average Bonchev–Trinajstić information content (AvgIpc) is 2.86. The molecule has 0 aromatic rings. The molecule has 3 heteroatoms. The summed E-state index contributed by atoms with van der Waals surface area (Å²) in [5.74, 6) is 1.67. The molecule has 2 atom stereocenters. The molecule has 1 aliphatic carbocycles. The van der Waals surface area contributed by atoms with Gasteiger partial charge in [-0.1, -0.05) is 13.3 Å². The van der Waals surface area contributed by atoms with Crippen LogP contribution in [0.5, 0.6) is 0 Å². The summed E-state index contributed by atoms with van der Waals surface area (Å²) in [6.07, 6.45) is 7.03. The summed E-state index contributed by atoms with van der Waals surface area (Å²) in [5, 5.41) is 3.39. The van der Waals surface area contributed by atoms with E-state index in [1.54, 1.807) is 0 Å². The molecule has 0 bridgehead atoms. The Balaban J connectivity index is 1.76. The van der Waals surface area contributed by atoms with E-state index in [-0.39, 0.29) is 0 Å². The molecule has 1 saturated heterocycles. The van der Waals surface area contributed by atoms with E-state index in [0.717, 1.165) is 25.2 Å². The van der Waals surface area contributed by atoms with Crippen LogP contribution in [0.15, 0.2) is 0 Å². The van der Waals surface area contributed by atoms with Gasteiger partial charge < -0.3 is 15.0 Å². The van der Waals surface area contributed by atoms with Crippen molar-refractivity contribution in [3.63, 3.8) is 0 Å². The summed E-state index contributed by atoms with van der Waals surface area (Å²) in [6, 6.07) is 1.37. The lowest BCUT2D eigenvalue weighted by molar-refractivity contribution is 0.129. The normalized spacial score (nSPS) is 37.3. The largest absolute Gasteiger partial charge is 0.379 e. The van der Waals surface area contributed by atoms with Crippen LogP contribution < -0.4 is 5.32 Å². The number of likely N-dealkylation sites (N-methyl/N-ethyl adjacent to an activating group) is 1. The molecule has 1 aliphatic heterocycles. The molecule has 0 radical (unpaired) electrons. The smallest absolute Gasteiger partial charge is 0.0623 e. The van der Waals surface area contributed by atoms with E-state index in [2.05, 4.69) is 31.2 Å². The SMILES string of the molecule is CCC1CCC(N(C)CC2COCC2NC)CC1. The van der Waals surface area contributed by atoms with Crippen LogP contribution in [0.1, 0.15) is 39.0 Å². The van der Waals surface area contributed by atoms with E-state index in [0.29, 0.717) is 12.0 Å². The zero-order valence-corrected chi connectivity index (χ0v) is 12.3. The van der Waals surface area contributed by atoms with E-state index in [1.807, 2.05) is 0 Å². The lowest BCUT2D eigenvalue weighted by atomic mass is 9.84. The van der Waals surface area contributed by atoms with E-state index < -0.39 is 0 Å². The quantitative estimate of drug-likeness (QED) is 0.813. The van der Waals surface area contributed by atoms with E-state index in [9.17, 15) is 0 Å². The fourth-order valence-electron chi connectivity index (χ4n) is 3.61. The van der Waals surface area contributed by atoms with Gasteiger partial charge >= 0.3 is 0 Å². The molecule has 3 nitrogen and oxygen atoms in total. The van der Waals surface area contributed by atoms with Gasteiger partial charge in [-0.2, -0.15) is 0 Å². The molecule has 2 aliphatic rings. The zero-order valence-electron chi connectivity index (χ0n) is 12.3. The summed E-state index contributed by atoms with van der Waals surface area (Å²) in [5.41, 5.74) is 0. The number of nitrogens with zero attached hydrogens (tertiary/aromatic N) is 1. The maximum Gasteiger partial charge on any atom is 0.0623 e. The Morgan fingerprint density at radius 1 is 1.17 bits per heavy atom. The lowest BCUT2D eigenvalue weighted by Crippen LogP contribution is -2.43. The molecule has 2 fully saturated rings. The number of ether oxygens (including phenoxy) is 1. The Labute approximate surface area is 112 Å². The highest BCUT2D eigenvalue weighted by atomic mass is 16.5. The van der Waals surface area contributed by atoms with Crippen LogP contribution >= 0.6 is 0 Å². The molecule has 18 heavy (non-hydrogen) atoms. The highest BCUT2D eigenvalue weighted by Gasteiger charge is 2.30. The number of hydrogen-bond donors (Lipinski definition) is 1. The van der Waals surface area contributed by atoms with Crippen molar-refractivity contribution in [1.29, 1.82) is 0 Å². The standard InChI is InChI=1S/C15H30N2O/c1-4-12-5-7-14(8-6-12)17(3)9-13-10-18-11-15(13)16-2/h12-16H,4-11H2,1-3H3. The highest BCUT2D eigenvalue weighted by Crippen LogP contribution is 2.29. The van der Waals surface area contributed by atoms with Gasteiger partial charge in [0, 0.05) is 24.5 Å². The fourth-order valence-corrected chi connectivity index (χ4v) is 3.61. The van der Waals surface area contributed by atoms with Crippen molar-refractivity contribution in [3.8, 4) is 0 Å². The first kappa shape index (κ1) is 14.3. The van der Waals surface area contributed by atoms with E-state index >= 15 is 0 Å². The van der Waals surface area contributed by atoms with Crippen molar-refractivity contribution in [1.82, 2.24) is 10.2 Å². The molecular weight excluding hydrogens is 224 g/mol. The maximum absolute atomic E-state index is 5.59. The zero-order chi connectivity index (χ0) is 13.0. The molecule has 2 rings (SSSR count). The van der Waals surface area contributed by atoms with Crippen LogP contribution in [0.3, 0.4) is 0 Å². The van der Waals surface area contributed by atoms with Crippen molar-refractivity contribution < 1.29 is 4.74 Å². The Morgan fingerprint density at radius 3 is 2.50 bits per heavy atom. The summed E-state index contributed by atoms with van der Waals surface area (Å²) in [4.78, 5) is 2.59. The molecule has 1 saturated carbocycles. The summed E-state index contributed by atoms with van der Waals surface area (Å²) < 4.78 is 5.59. The van der Waals surface area contributed by atoms with E-state index in [4.69, 9.17) is 4.74 Å². The minimum absolute atomic E-state index is 0.555. The van der Waals surface area contributed by atoms with Gasteiger partial charge in [0.05, 0.1) is 13.2 Å². The molecule has 0 aromatic carbocycles. The van der Waals surface area contributed by atoms with Crippen molar-refractivity contribution >= 4 is 0 Å². The second-order valence-electron chi connectivity index (χ2n) is 6.22. The van der Waals surface area contributed by atoms with Crippen LogP contribution in [0.4, 0.5) is 0 Å². The van der Waals surface area contributed by atoms with Gasteiger partial charge in [0.25, 0.3) is 0 Å². The third-order valence-electron chi connectivity index (χ3n) is 5.11. The van der Waals surface area contributed by atoms with Crippen LogP contribution in [0, 0.1) is 11.8 Å². The Morgan fingerprint density at radius 2 is 1.89 bits per heavy atom. The summed E-state index contributed by atoms with van der Waals surface area (Å²) >= 11 is 0. The first-order chi connectivity index (χ1) is 8.74. The molecule has 0 amide bonds. The van der Waals surface area contributed by atoms with Crippen molar-refractivity contribution in [3.05, 3.63) is 0 Å². The topological polar surface area (TPSA) is 24.5 Å². The van der Waals surface area contributed by atoms with Gasteiger partial charge in [0.2, 0.25) is 0 Å². The van der Waals surface area contributed by atoms with Gasteiger partial charge in [0.1, 0.15) is 0 Å². The second kappa shape index (κ2) is 6.88. The van der Waals surface area contributed by atoms with Gasteiger partial charge in [0.15, 0.2) is 0 Å². The molecule has 1 heterocycles. The first-order valence-electron chi connectivity index (χ1n) is 7.69. The summed E-state index contributed by atoms with van der Waals surface area (Å²) in [6.45, 7) is 5.34. The fraction of sp³-hybridized carbons (Fsp3) is 1.00. The van der Waals surface area contributed by atoms with Gasteiger partial charge in [-0.3, -0.25) is 0 Å². The van der Waals surface area contributed by atoms with Crippen molar-refractivity contribution in [2.75, 3.05) is 33.9 Å². The molecule has 2 unspecified atom stereocenters. The molecule has 0 aromatic heterocycles. The van der Waals surface area contributed by atoms with Gasteiger partial charge in [-0.05, 0) is 45.7 Å². The Hall–Kier alpha value is -0.120. The van der Waals surface area contributed by atoms with E-state index in [1.165, 1.54) is 38.6 Å². The molecular formula is C15H30N2O. The van der Waals surface area contributed by atoms with Crippen LogP contribution in [0.2, 0.25) is 0 Å². The van der Waals surface area contributed by atoms with Crippen molar-refractivity contribution in [2.24, 2.45) is 11.8 Å². The average molecular weight is 254 g/mol. The highest BCUT2D eigenvalue weighted by molar-refractivity contribution is 4.85. The molecule has 106 valence electrons. The monoisotopic (exact) mass is 254 g/mol. The number of hydrogen-bond acceptors (Lipinski definition) is 3. The van der Waals surface area contributed by atoms with Crippen molar-refractivity contribution in [2.45, 2.75) is 51.1 Å². The van der Waals surface area contributed by atoms with Crippen LogP contribution in [-0.2, 0) is 4.74 Å². The maximum atomic E-state index is 5.59. The third kappa shape index (κ3) is 3.46. The van der Waals surface area contributed by atoms with Gasteiger partial charge in [-0.15, -0.1) is 0 Å². The van der Waals surface area contributed by atoms with Crippen LogP contribution in [-0.4, -0.2) is 50.8 Å². The first-order valence-corrected chi connectivity index (χ1v) is 7.69. The van der Waals surface area contributed by atoms with Crippen LogP contribution in [0.25, 0.3) is 0 Å². The molecule has 1 N–H and O–H groups in total. The number of nitrogens with one attached hydrogen (secondary N) is 1. The minimum Gasteiger partial charge on any atom is -0.379 e. The third-order valence-corrected chi connectivity index (χ3v) is 5.11. The summed E-state index contributed by atoms with van der Waals surface area (Å²) in [7, 11) is 4.36. The van der Waals surface area contributed by atoms with Gasteiger partial charge in [-0.25, -0.2) is 0 Å². The Kier molecular flexibility index (Phi) is 5.46. The minimum atomic E-state index is 0.555. The Bertz CT molecular complexity index is 239. The second-order valence-corrected chi connectivity index (χ2v) is 6.22. The molecule has 0 spiro atoms. The lowest BCUT2D eigenvalue weighted by Gasteiger charge is -2.36.